The van der Waals surface area contributed by atoms with E-state index in [2.05, 4.69) is 29.1 Å². The molecule has 2 rings (SSSR count). The van der Waals surface area contributed by atoms with Gasteiger partial charge in [-0.2, -0.15) is 0 Å². The van der Waals surface area contributed by atoms with Gasteiger partial charge in [-0.1, -0.05) is 29.8 Å². The molecule has 1 aromatic heterocycles. The number of pyridine rings is 1. The Morgan fingerprint density at radius 3 is 2.89 bits per heavy atom. The van der Waals surface area contributed by atoms with Crippen LogP contribution in [0.25, 0.3) is 10.9 Å². The molecular formula is C14H18ClN3. The molecule has 1 heterocycles. The van der Waals surface area contributed by atoms with Crippen molar-refractivity contribution in [2.45, 2.75) is 13.0 Å². The minimum absolute atomic E-state index is 0.591. The first-order valence-corrected chi connectivity index (χ1v) is 6.51. The minimum Gasteiger partial charge on any atom is -0.330 e. The van der Waals surface area contributed by atoms with Crippen molar-refractivity contribution in [1.29, 1.82) is 0 Å². The van der Waals surface area contributed by atoms with Gasteiger partial charge >= 0.3 is 0 Å². The Labute approximate surface area is 113 Å². The van der Waals surface area contributed by atoms with Gasteiger partial charge in [0.15, 0.2) is 0 Å². The third kappa shape index (κ3) is 3.19. The van der Waals surface area contributed by atoms with Crippen molar-refractivity contribution in [3.63, 3.8) is 0 Å². The standard InChI is InChI=1S/C14H18ClN3/c1-18(8-4-7-16)10-12-9-11-5-2-3-6-13(11)17-14(12)15/h2-3,5-6,9H,4,7-8,10,16H2,1H3. The molecular weight excluding hydrogens is 246 g/mol. The van der Waals surface area contributed by atoms with Crippen LogP contribution in [0.3, 0.4) is 0 Å². The lowest BCUT2D eigenvalue weighted by atomic mass is 10.1. The van der Waals surface area contributed by atoms with Gasteiger partial charge in [0, 0.05) is 17.5 Å². The van der Waals surface area contributed by atoms with E-state index in [-0.39, 0.29) is 0 Å². The van der Waals surface area contributed by atoms with E-state index in [1.54, 1.807) is 0 Å². The van der Waals surface area contributed by atoms with E-state index in [0.29, 0.717) is 11.7 Å². The smallest absolute Gasteiger partial charge is 0.134 e. The summed E-state index contributed by atoms with van der Waals surface area (Å²) in [5.74, 6) is 0. The lowest BCUT2D eigenvalue weighted by molar-refractivity contribution is 0.324. The molecule has 3 nitrogen and oxygen atoms in total. The minimum atomic E-state index is 0.591. The van der Waals surface area contributed by atoms with Crippen LogP contribution in [0.2, 0.25) is 5.15 Å². The van der Waals surface area contributed by atoms with Crippen molar-refractivity contribution >= 4 is 22.5 Å². The quantitative estimate of drug-likeness (QED) is 0.844. The summed E-state index contributed by atoms with van der Waals surface area (Å²) in [6.45, 7) is 2.49. The number of para-hydroxylation sites is 1. The van der Waals surface area contributed by atoms with Gasteiger partial charge in [-0.3, -0.25) is 0 Å². The Balaban J connectivity index is 2.19. The summed E-state index contributed by atoms with van der Waals surface area (Å²) in [7, 11) is 2.07. The molecule has 0 fully saturated rings. The number of benzene rings is 1. The van der Waals surface area contributed by atoms with Crippen LogP contribution in [0.5, 0.6) is 0 Å². The summed E-state index contributed by atoms with van der Waals surface area (Å²) < 4.78 is 0. The number of aromatic nitrogens is 1. The van der Waals surface area contributed by atoms with E-state index in [4.69, 9.17) is 17.3 Å². The van der Waals surface area contributed by atoms with Gasteiger partial charge in [-0.15, -0.1) is 0 Å². The number of nitrogens with two attached hydrogens (primary N) is 1. The van der Waals surface area contributed by atoms with Crippen LogP contribution in [0, 0.1) is 0 Å². The molecule has 0 aliphatic rings. The largest absolute Gasteiger partial charge is 0.330 e. The summed E-state index contributed by atoms with van der Waals surface area (Å²) in [4.78, 5) is 6.64. The van der Waals surface area contributed by atoms with Crippen molar-refractivity contribution in [2.24, 2.45) is 5.73 Å². The number of rotatable bonds is 5. The zero-order valence-corrected chi connectivity index (χ0v) is 11.3. The lowest BCUT2D eigenvalue weighted by Crippen LogP contribution is -2.21. The number of halogens is 1. The van der Waals surface area contributed by atoms with E-state index < -0.39 is 0 Å². The monoisotopic (exact) mass is 263 g/mol. The molecule has 2 aromatic rings. The van der Waals surface area contributed by atoms with E-state index in [9.17, 15) is 0 Å². The molecule has 96 valence electrons. The summed E-state index contributed by atoms with van der Waals surface area (Å²) in [6, 6.07) is 10.1. The molecule has 0 saturated carbocycles. The molecule has 0 atom stereocenters. The molecule has 0 aliphatic carbocycles. The van der Waals surface area contributed by atoms with Crippen molar-refractivity contribution in [3.05, 3.63) is 41.0 Å². The zero-order chi connectivity index (χ0) is 13.0. The molecule has 0 spiro atoms. The number of hydrogen-bond acceptors (Lipinski definition) is 3. The Bertz CT molecular complexity index is 527. The molecule has 0 radical (unpaired) electrons. The van der Waals surface area contributed by atoms with E-state index >= 15 is 0 Å². The van der Waals surface area contributed by atoms with Crippen LogP contribution >= 0.6 is 11.6 Å². The van der Waals surface area contributed by atoms with Gasteiger partial charge in [-0.05, 0) is 38.7 Å². The predicted molar refractivity (Wildman–Crippen MR) is 76.8 cm³/mol. The van der Waals surface area contributed by atoms with Gasteiger partial charge in [0.05, 0.1) is 5.52 Å². The second kappa shape index (κ2) is 6.14. The molecule has 0 unspecified atom stereocenters. The van der Waals surface area contributed by atoms with Crippen molar-refractivity contribution < 1.29 is 0 Å². The maximum absolute atomic E-state index is 6.22. The average Bonchev–Trinajstić information content (AvgIpc) is 2.37. The summed E-state index contributed by atoms with van der Waals surface area (Å²) in [6.07, 6.45) is 0.995. The Morgan fingerprint density at radius 1 is 1.33 bits per heavy atom. The van der Waals surface area contributed by atoms with Gasteiger partial charge in [-0.25, -0.2) is 4.98 Å². The average molecular weight is 264 g/mol. The van der Waals surface area contributed by atoms with Crippen LogP contribution in [0.1, 0.15) is 12.0 Å². The number of hydrogen-bond donors (Lipinski definition) is 1. The maximum Gasteiger partial charge on any atom is 0.134 e. The van der Waals surface area contributed by atoms with Gasteiger partial charge < -0.3 is 10.6 Å². The maximum atomic E-state index is 6.22. The lowest BCUT2D eigenvalue weighted by Gasteiger charge is -2.17. The molecule has 4 heteroatoms. The van der Waals surface area contributed by atoms with E-state index in [1.165, 1.54) is 0 Å². The first kappa shape index (κ1) is 13.3. The predicted octanol–water partition coefficient (Wildman–Crippen LogP) is 2.67. The third-order valence-electron chi connectivity index (χ3n) is 2.93. The topological polar surface area (TPSA) is 42.1 Å². The first-order valence-electron chi connectivity index (χ1n) is 6.13. The van der Waals surface area contributed by atoms with E-state index in [0.717, 1.165) is 36.0 Å². The van der Waals surface area contributed by atoms with Crippen LogP contribution in [-0.2, 0) is 6.54 Å². The molecule has 1 aromatic carbocycles. The molecule has 0 amide bonds. The fourth-order valence-corrected chi connectivity index (χ4v) is 2.18. The van der Waals surface area contributed by atoms with Crippen LogP contribution in [-0.4, -0.2) is 30.0 Å². The Morgan fingerprint density at radius 2 is 2.11 bits per heavy atom. The van der Waals surface area contributed by atoms with Crippen molar-refractivity contribution in [1.82, 2.24) is 9.88 Å². The summed E-state index contributed by atoms with van der Waals surface area (Å²) >= 11 is 6.22. The van der Waals surface area contributed by atoms with Crippen LogP contribution < -0.4 is 5.73 Å². The Hall–Kier alpha value is -1.16. The Kier molecular flexibility index (Phi) is 4.53. The highest BCUT2D eigenvalue weighted by atomic mass is 35.5. The SMILES string of the molecule is CN(CCCN)Cc1cc2ccccc2nc1Cl. The van der Waals surface area contributed by atoms with Crippen LogP contribution in [0.15, 0.2) is 30.3 Å². The van der Waals surface area contributed by atoms with Crippen LogP contribution in [0.4, 0.5) is 0 Å². The van der Waals surface area contributed by atoms with Gasteiger partial charge in [0.25, 0.3) is 0 Å². The summed E-state index contributed by atoms with van der Waals surface area (Å²) in [5.41, 5.74) is 7.51. The fourth-order valence-electron chi connectivity index (χ4n) is 1.98. The number of nitrogens with zero attached hydrogens (tertiary/aromatic N) is 2. The van der Waals surface area contributed by atoms with Gasteiger partial charge in [0.1, 0.15) is 5.15 Å². The molecule has 0 bridgehead atoms. The fraction of sp³-hybridized carbons (Fsp3) is 0.357. The third-order valence-corrected chi connectivity index (χ3v) is 3.26. The van der Waals surface area contributed by atoms with Crippen molar-refractivity contribution in [2.75, 3.05) is 20.1 Å². The molecule has 2 N–H and O–H groups in total. The second-order valence-corrected chi connectivity index (χ2v) is 4.87. The highest BCUT2D eigenvalue weighted by Crippen LogP contribution is 2.21. The molecule has 18 heavy (non-hydrogen) atoms. The van der Waals surface area contributed by atoms with Gasteiger partial charge in [0.2, 0.25) is 0 Å². The second-order valence-electron chi connectivity index (χ2n) is 4.51. The normalized spacial score (nSPS) is 11.3. The molecule has 0 saturated heterocycles. The molecule has 0 aliphatic heterocycles. The zero-order valence-electron chi connectivity index (χ0n) is 10.6. The first-order chi connectivity index (χ1) is 8.70. The number of fused-ring (bicyclic) bond motifs is 1. The highest BCUT2D eigenvalue weighted by molar-refractivity contribution is 6.30. The van der Waals surface area contributed by atoms with Crippen molar-refractivity contribution in [3.8, 4) is 0 Å². The highest BCUT2D eigenvalue weighted by Gasteiger charge is 2.07. The van der Waals surface area contributed by atoms with E-state index in [1.807, 2.05) is 18.2 Å². The summed E-state index contributed by atoms with van der Waals surface area (Å²) in [5, 5.41) is 1.72.